The molecule has 1 atom stereocenters. The van der Waals surface area contributed by atoms with Crippen molar-refractivity contribution in [2.75, 3.05) is 0 Å². The Bertz CT molecular complexity index is 1090. The fourth-order valence-electron chi connectivity index (χ4n) is 3.70. The third-order valence-corrected chi connectivity index (χ3v) is 5.75. The molecule has 3 rings (SSSR count). The van der Waals surface area contributed by atoms with Crippen LogP contribution in [0.15, 0.2) is 91.0 Å². The number of nitrogens with one attached hydrogen (secondary N) is 2. The van der Waals surface area contributed by atoms with E-state index in [-0.39, 0.29) is 32.0 Å². The number of hydroxylamine groups is 1. The molecule has 0 saturated carbocycles. The minimum atomic E-state index is -0.915. The van der Waals surface area contributed by atoms with Gasteiger partial charge in [-0.05, 0) is 42.4 Å². The summed E-state index contributed by atoms with van der Waals surface area (Å²) in [6.45, 7) is 0.344. The van der Waals surface area contributed by atoms with Crippen LogP contribution in [-0.4, -0.2) is 23.8 Å². The van der Waals surface area contributed by atoms with Crippen LogP contribution in [0.3, 0.4) is 0 Å². The smallest absolute Gasteiger partial charge is 0.306 e. The second-order valence-electron chi connectivity index (χ2n) is 8.74. The van der Waals surface area contributed by atoms with Crippen molar-refractivity contribution in [3.8, 4) is 0 Å². The Morgan fingerprint density at radius 1 is 0.676 bits per heavy atom. The quantitative estimate of drug-likeness (QED) is 0.179. The lowest BCUT2D eigenvalue weighted by Gasteiger charge is -2.18. The van der Waals surface area contributed by atoms with Gasteiger partial charge in [-0.15, -0.1) is 0 Å². The number of aryl methyl sites for hydroxylation is 1. The van der Waals surface area contributed by atoms with E-state index in [1.165, 1.54) is 5.56 Å². The van der Waals surface area contributed by atoms with E-state index in [1.807, 2.05) is 78.9 Å². The summed E-state index contributed by atoms with van der Waals surface area (Å²) in [5, 5.41) is 2.75. The van der Waals surface area contributed by atoms with Gasteiger partial charge in [0.25, 0.3) is 5.91 Å². The van der Waals surface area contributed by atoms with Gasteiger partial charge in [0.2, 0.25) is 5.91 Å². The third kappa shape index (κ3) is 11.1. The number of amides is 2. The van der Waals surface area contributed by atoms with Gasteiger partial charge in [-0.2, -0.15) is 0 Å². The molecule has 37 heavy (non-hydrogen) atoms. The van der Waals surface area contributed by atoms with Crippen LogP contribution in [0.4, 0.5) is 0 Å². The number of carbonyl (C=O) groups excluding carboxylic acids is 3. The zero-order valence-electron chi connectivity index (χ0n) is 20.9. The first-order chi connectivity index (χ1) is 18.1. The molecule has 0 unspecified atom stereocenters. The summed E-state index contributed by atoms with van der Waals surface area (Å²) in [5.74, 6) is -1.19. The minimum absolute atomic E-state index is 0.0160. The maximum Gasteiger partial charge on any atom is 0.306 e. The van der Waals surface area contributed by atoms with E-state index in [2.05, 4.69) is 22.9 Å². The van der Waals surface area contributed by atoms with Gasteiger partial charge in [0.15, 0.2) is 0 Å². The van der Waals surface area contributed by atoms with E-state index in [0.29, 0.717) is 12.8 Å². The molecule has 0 radical (unpaired) electrons. The zero-order chi connectivity index (χ0) is 26.1. The van der Waals surface area contributed by atoms with Gasteiger partial charge in [0.1, 0.15) is 12.6 Å². The van der Waals surface area contributed by atoms with Crippen molar-refractivity contribution >= 4 is 17.8 Å². The molecule has 3 aromatic rings. The lowest BCUT2D eigenvalue weighted by atomic mass is 10.1. The molecule has 0 spiro atoms. The maximum atomic E-state index is 12.8. The first-order valence-electron chi connectivity index (χ1n) is 12.6. The average molecular weight is 503 g/mol. The summed E-state index contributed by atoms with van der Waals surface area (Å²) in [6.07, 6.45) is 2.82. The number of hydrogen-bond acceptors (Lipinski definition) is 5. The molecule has 0 fully saturated rings. The maximum absolute atomic E-state index is 12.8. The SMILES string of the molecule is O=C(CCCCc1ccccc1)N[C@H](CCC(=O)OCc1ccccc1)C(=O)NOCc1ccccc1. The van der Waals surface area contributed by atoms with Crippen LogP contribution >= 0.6 is 0 Å². The van der Waals surface area contributed by atoms with Crippen LogP contribution in [0, 0.1) is 0 Å². The van der Waals surface area contributed by atoms with Crippen molar-refractivity contribution in [2.45, 2.75) is 57.8 Å². The van der Waals surface area contributed by atoms with Crippen molar-refractivity contribution in [3.63, 3.8) is 0 Å². The molecular weight excluding hydrogens is 468 g/mol. The summed E-state index contributed by atoms with van der Waals surface area (Å²) >= 11 is 0. The molecule has 0 aliphatic rings. The molecule has 194 valence electrons. The largest absolute Gasteiger partial charge is 0.461 e. The first-order valence-corrected chi connectivity index (χ1v) is 12.6. The monoisotopic (exact) mass is 502 g/mol. The average Bonchev–Trinajstić information content (AvgIpc) is 2.94. The van der Waals surface area contributed by atoms with Crippen molar-refractivity contribution in [3.05, 3.63) is 108 Å². The van der Waals surface area contributed by atoms with E-state index in [0.717, 1.165) is 24.0 Å². The topological polar surface area (TPSA) is 93.7 Å². The fourth-order valence-corrected chi connectivity index (χ4v) is 3.70. The number of ether oxygens (including phenoxy) is 1. The van der Waals surface area contributed by atoms with Crippen LogP contribution in [0.5, 0.6) is 0 Å². The standard InChI is InChI=1S/C30H34N2O5/c33-28(19-11-10-14-24-12-4-1-5-13-24)31-27(30(35)32-37-23-26-17-8-3-9-18-26)20-21-29(34)36-22-25-15-6-2-7-16-25/h1-9,12-13,15-18,27H,10-11,14,19-23H2,(H,31,33)(H,32,35)/t27-/m1/s1. The van der Waals surface area contributed by atoms with Crippen molar-refractivity contribution in [1.29, 1.82) is 0 Å². The number of rotatable bonds is 15. The summed E-state index contributed by atoms with van der Waals surface area (Å²) < 4.78 is 5.31. The van der Waals surface area contributed by atoms with E-state index in [1.54, 1.807) is 0 Å². The molecule has 3 aromatic carbocycles. The fraction of sp³-hybridized carbons (Fsp3) is 0.300. The summed E-state index contributed by atoms with van der Waals surface area (Å²) in [4.78, 5) is 43.0. The number of carbonyl (C=O) groups is 3. The second kappa shape index (κ2) is 15.9. The summed E-state index contributed by atoms with van der Waals surface area (Å²) in [5.41, 5.74) is 5.40. The molecule has 0 aliphatic carbocycles. The van der Waals surface area contributed by atoms with Crippen molar-refractivity contribution in [1.82, 2.24) is 10.8 Å². The predicted octanol–water partition coefficient (Wildman–Crippen LogP) is 4.66. The van der Waals surface area contributed by atoms with Gasteiger partial charge >= 0.3 is 5.97 Å². The normalized spacial score (nSPS) is 11.4. The molecule has 0 aromatic heterocycles. The minimum Gasteiger partial charge on any atom is -0.461 e. The predicted molar refractivity (Wildman–Crippen MR) is 141 cm³/mol. The van der Waals surface area contributed by atoms with Crippen LogP contribution in [0.1, 0.15) is 48.8 Å². The Morgan fingerprint density at radius 2 is 1.24 bits per heavy atom. The van der Waals surface area contributed by atoms with Crippen molar-refractivity contribution in [2.24, 2.45) is 0 Å². The van der Waals surface area contributed by atoms with Crippen LogP contribution < -0.4 is 10.8 Å². The molecule has 2 N–H and O–H groups in total. The summed E-state index contributed by atoms with van der Waals surface area (Å²) in [7, 11) is 0. The molecule has 0 bridgehead atoms. The van der Waals surface area contributed by atoms with Crippen molar-refractivity contribution < 1.29 is 24.0 Å². The van der Waals surface area contributed by atoms with E-state index in [4.69, 9.17) is 9.57 Å². The third-order valence-electron chi connectivity index (χ3n) is 5.75. The lowest BCUT2D eigenvalue weighted by Crippen LogP contribution is -2.46. The molecular formula is C30H34N2O5. The highest BCUT2D eigenvalue weighted by molar-refractivity contribution is 5.87. The van der Waals surface area contributed by atoms with Gasteiger partial charge in [-0.1, -0.05) is 91.0 Å². The molecule has 2 amide bonds. The van der Waals surface area contributed by atoms with Gasteiger partial charge in [0.05, 0.1) is 6.61 Å². The molecule has 7 nitrogen and oxygen atoms in total. The van der Waals surface area contributed by atoms with E-state index >= 15 is 0 Å². The van der Waals surface area contributed by atoms with Gasteiger partial charge in [-0.25, -0.2) is 5.48 Å². The Labute approximate surface area is 218 Å². The lowest BCUT2D eigenvalue weighted by molar-refractivity contribution is -0.146. The molecule has 0 saturated heterocycles. The second-order valence-corrected chi connectivity index (χ2v) is 8.74. The number of benzene rings is 3. The number of unbranched alkanes of at least 4 members (excludes halogenated alkanes) is 1. The zero-order valence-corrected chi connectivity index (χ0v) is 20.9. The highest BCUT2D eigenvalue weighted by Gasteiger charge is 2.22. The molecule has 0 aliphatic heterocycles. The van der Waals surface area contributed by atoms with Crippen LogP contribution in [-0.2, 0) is 43.6 Å². The van der Waals surface area contributed by atoms with Crippen LogP contribution in [0.2, 0.25) is 0 Å². The van der Waals surface area contributed by atoms with E-state index in [9.17, 15) is 14.4 Å². The summed E-state index contributed by atoms with van der Waals surface area (Å²) in [6, 6.07) is 27.9. The highest BCUT2D eigenvalue weighted by Crippen LogP contribution is 2.08. The van der Waals surface area contributed by atoms with Crippen LogP contribution in [0.25, 0.3) is 0 Å². The Kier molecular flexibility index (Phi) is 11.9. The highest BCUT2D eigenvalue weighted by atomic mass is 16.6. The van der Waals surface area contributed by atoms with Gasteiger partial charge < -0.3 is 10.1 Å². The van der Waals surface area contributed by atoms with E-state index < -0.39 is 17.9 Å². The Balaban J connectivity index is 1.46. The Hall–Kier alpha value is -3.97. The molecule has 7 heteroatoms. The Morgan fingerprint density at radius 3 is 1.86 bits per heavy atom. The first kappa shape index (κ1) is 27.6. The number of esters is 1. The number of hydrogen-bond donors (Lipinski definition) is 2. The van der Waals surface area contributed by atoms with Gasteiger partial charge in [-0.3, -0.25) is 19.2 Å². The molecule has 0 heterocycles. The van der Waals surface area contributed by atoms with Gasteiger partial charge in [0, 0.05) is 12.8 Å².